The Balaban J connectivity index is 0.000000326. The Labute approximate surface area is 174 Å². The first-order valence-corrected chi connectivity index (χ1v) is 10.7. The van der Waals surface area contributed by atoms with Crippen molar-refractivity contribution >= 4 is 16.0 Å². The van der Waals surface area contributed by atoms with Gasteiger partial charge in [-0.2, -0.15) is 0 Å². The van der Waals surface area contributed by atoms with Gasteiger partial charge in [0.2, 0.25) is 5.91 Å². The van der Waals surface area contributed by atoms with E-state index in [9.17, 15) is 17.8 Å². The van der Waals surface area contributed by atoms with Gasteiger partial charge >= 0.3 is 0 Å². The molecule has 0 aliphatic rings. The van der Waals surface area contributed by atoms with Crippen molar-refractivity contribution in [2.75, 3.05) is 27.2 Å². The summed E-state index contributed by atoms with van der Waals surface area (Å²) in [5.41, 5.74) is 2.27. The van der Waals surface area contributed by atoms with E-state index in [1.54, 1.807) is 12.1 Å². The molecular weight excluding hydrogens is 388 g/mol. The molecule has 0 fully saturated rings. The van der Waals surface area contributed by atoms with E-state index >= 15 is 0 Å². The molecule has 0 aliphatic carbocycles. The zero-order chi connectivity index (χ0) is 21.9. The zero-order valence-electron chi connectivity index (χ0n) is 17.3. The van der Waals surface area contributed by atoms with Crippen molar-refractivity contribution in [1.82, 2.24) is 5.32 Å². The van der Waals surface area contributed by atoms with Crippen LogP contribution in [0.1, 0.15) is 17.5 Å². The van der Waals surface area contributed by atoms with E-state index in [4.69, 9.17) is 0 Å². The van der Waals surface area contributed by atoms with Crippen LogP contribution in [0, 0.1) is 6.92 Å². The lowest BCUT2D eigenvalue weighted by molar-refractivity contribution is -0.903. The van der Waals surface area contributed by atoms with Gasteiger partial charge in [0.15, 0.2) is 0 Å². The second kappa shape index (κ2) is 11.5. The van der Waals surface area contributed by atoms with Crippen LogP contribution < -0.4 is 5.32 Å². The van der Waals surface area contributed by atoms with Gasteiger partial charge in [0, 0.05) is 18.5 Å². The molecule has 0 bridgehead atoms. The van der Waals surface area contributed by atoms with Gasteiger partial charge < -0.3 is 14.4 Å². The second-order valence-corrected chi connectivity index (χ2v) is 8.80. The van der Waals surface area contributed by atoms with Crippen molar-refractivity contribution in [3.8, 4) is 0 Å². The van der Waals surface area contributed by atoms with E-state index in [1.807, 2.05) is 13.0 Å². The smallest absolute Gasteiger partial charge is 0.243 e. The summed E-state index contributed by atoms with van der Waals surface area (Å²) in [6, 6.07) is 16.3. The molecule has 1 N–H and O–H groups in total. The summed E-state index contributed by atoms with van der Waals surface area (Å²) in [7, 11) is 0.152. The third kappa shape index (κ3) is 10.6. The summed E-state index contributed by atoms with van der Waals surface area (Å²) in [5.74, 6) is -0.0941. The molecule has 0 atom stereocenters. The maximum absolute atomic E-state index is 11.0. The van der Waals surface area contributed by atoms with Crippen LogP contribution in [-0.2, 0) is 21.5 Å². The average Bonchev–Trinajstić information content (AvgIpc) is 2.65. The van der Waals surface area contributed by atoms with Crippen LogP contribution >= 0.6 is 0 Å². The van der Waals surface area contributed by atoms with Gasteiger partial charge in [-0.15, -0.1) is 0 Å². The number of rotatable bonds is 8. The Kier molecular flexibility index (Phi) is 9.74. The van der Waals surface area contributed by atoms with Crippen molar-refractivity contribution in [3.63, 3.8) is 0 Å². The fraction of sp³-hybridized carbons (Fsp3) is 0.318. The second-order valence-electron chi connectivity index (χ2n) is 7.42. The number of carbonyl (C=O) groups excluding carboxylic acids is 1. The molecule has 158 valence electrons. The van der Waals surface area contributed by atoms with E-state index in [0.29, 0.717) is 6.54 Å². The first-order chi connectivity index (χ1) is 13.5. The van der Waals surface area contributed by atoms with Gasteiger partial charge in [-0.25, -0.2) is 8.42 Å². The molecule has 0 radical (unpaired) electrons. The third-order valence-electron chi connectivity index (χ3n) is 4.19. The maximum Gasteiger partial charge on any atom is 0.243 e. The summed E-state index contributed by atoms with van der Waals surface area (Å²) in [4.78, 5) is 10.8. The van der Waals surface area contributed by atoms with Crippen molar-refractivity contribution in [1.29, 1.82) is 0 Å². The molecule has 2 aromatic carbocycles. The van der Waals surface area contributed by atoms with Crippen LogP contribution in [0.5, 0.6) is 0 Å². The third-order valence-corrected chi connectivity index (χ3v) is 5.04. The Hall–Kier alpha value is -2.48. The van der Waals surface area contributed by atoms with Crippen molar-refractivity contribution in [3.05, 3.63) is 78.4 Å². The highest BCUT2D eigenvalue weighted by Gasteiger charge is 2.15. The molecule has 1 amide bonds. The van der Waals surface area contributed by atoms with Crippen LogP contribution in [0.25, 0.3) is 0 Å². The number of nitrogens with zero attached hydrogens (tertiary/aromatic N) is 1. The lowest BCUT2D eigenvalue weighted by atomic mass is 10.2. The normalized spacial score (nSPS) is 11.2. The maximum atomic E-state index is 11.0. The van der Waals surface area contributed by atoms with Gasteiger partial charge in [-0.05, 0) is 25.1 Å². The first kappa shape index (κ1) is 24.6. The predicted octanol–water partition coefficient (Wildman–Crippen LogP) is 2.85. The number of hydrogen-bond acceptors (Lipinski definition) is 4. The van der Waals surface area contributed by atoms with E-state index in [0.717, 1.165) is 29.6 Å². The molecule has 29 heavy (non-hydrogen) atoms. The Morgan fingerprint density at radius 2 is 1.69 bits per heavy atom. The largest absolute Gasteiger partial charge is 0.744 e. The Bertz CT molecular complexity index is 877. The van der Waals surface area contributed by atoms with Crippen LogP contribution in [0.4, 0.5) is 0 Å². The predicted molar refractivity (Wildman–Crippen MR) is 114 cm³/mol. The van der Waals surface area contributed by atoms with Crippen molar-refractivity contribution in [2.45, 2.75) is 24.8 Å². The molecule has 0 aliphatic heterocycles. The zero-order valence-corrected chi connectivity index (χ0v) is 18.1. The molecular formula is C22H30N2O4S. The molecule has 0 unspecified atom stereocenters. The van der Waals surface area contributed by atoms with E-state index in [1.165, 1.54) is 23.8 Å². The topological polar surface area (TPSA) is 86.3 Å². The molecule has 0 heterocycles. The van der Waals surface area contributed by atoms with Crippen LogP contribution in [0.3, 0.4) is 0 Å². The van der Waals surface area contributed by atoms with Gasteiger partial charge in [-0.1, -0.05) is 54.6 Å². The van der Waals surface area contributed by atoms with Gasteiger partial charge in [0.25, 0.3) is 0 Å². The Morgan fingerprint density at radius 1 is 1.10 bits per heavy atom. The lowest BCUT2D eigenvalue weighted by Crippen LogP contribution is -2.40. The lowest BCUT2D eigenvalue weighted by Gasteiger charge is -2.30. The van der Waals surface area contributed by atoms with Crippen LogP contribution in [-0.4, -0.2) is 50.5 Å². The summed E-state index contributed by atoms with van der Waals surface area (Å²) >= 11 is 0. The van der Waals surface area contributed by atoms with Crippen molar-refractivity contribution < 1.29 is 22.2 Å². The molecule has 7 heteroatoms. The number of nitrogens with one attached hydrogen (secondary N) is 1. The van der Waals surface area contributed by atoms with Gasteiger partial charge in [0.05, 0.1) is 25.5 Å². The van der Waals surface area contributed by atoms with E-state index in [-0.39, 0.29) is 10.8 Å². The number of quaternary nitrogens is 1. The Morgan fingerprint density at radius 3 is 2.21 bits per heavy atom. The van der Waals surface area contributed by atoms with E-state index < -0.39 is 10.1 Å². The first-order valence-electron chi connectivity index (χ1n) is 9.32. The number of hydrogen-bond donors (Lipinski definition) is 1. The minimum Gasteiger partial charge on any atom is -0.744 e. The highest BCUT2D eigenvalue weighted by atomic mass is 32.2. The number of carbonyl (C=O) groups is 1. The summed E-state index contributed by atoms with van der Waals surface area (Å²) in [6.07, 6.45) is 2.28. The molecule has 0 saturated carbocycles. The average molecular weight is 419 g/mol. The van der Waals surface area contributed by atoms with Gasteiger partial charge in [-0.3, -0.25) is 4.79 Å². The van der Waals surface area contributed by atoms with Gasteiger partial charge in [0.1, 0.15) is 16.7 Å². The summed E-state index contributed by atoms with van der Waals surface area (Å²) in [5, 5.41) is 2.80. The number of amides is 1. The molecule has 2 aromatic rings. The molecule has 6 nitrogen and oxygen atoms in total. The highest BCUT2D eigenvalue weighted by molar-refractivity contribution is 7.85. The van der Waals surface area contributed by atoms with Crippen LogP contribution in [0.15, 0.2) is 72.1 Å². The molecule has 0 aromatic heterocycles. The minimum atomic E-state index is -4.27. The summed E-state index contributed by atoms with van der Waals surface area (Å²) < 4.78 is 32.1. The quantitative estimate of drug-likeness (QED) is 0.309. The summed E-state index contributed by atoms with van der Waals surface area (Å²) in [6.45, 7) is 8.00. The van der Waals surface area contributed by atoms with Crippen LogP contribution in [0.2, 0.25) is 0 Å². The van der Waals surface area contributed by atoms with E-state index in [2.05, 4.69) is 50.3 Å². The van der Waals surface area contributed by atoms with Crippen molar-refractivity contribution in [2.24, 2.45) is 0 Å². The number of aryl methyl sites for hydroxylation is 1. The minimum absolute atomic E-state index is 0.0941. The SMILES string of the molecule is C=CC(=O)NCCC[N+](C)(C)Cc1ccccc1.Cc1ccc(S(=O)(=O)[O-])cc1. The fourth-order valence-corrected chi connectivity index (χ4v) is 3.12. The highest BCUT2D eigenvalue weighted by Crippen LogP contribution is 2.10. The molecule has 2 rings (SSSR count). The monoisotopic (exact) mass is 418 g/mol. The molecule has 0 spiro atoms. The number of benzene rings is 2. The standard InChI is InChI=1S/C15H22N2O.C7H8O3S/c1-4-15(18)16-11-8-12-17(2,3)13-14-9-6-5-7-10-14;1-6-2-4-7(5-3-6)11(8,9)10/h4-7,9-10H,1,8,11-13H2,2-3H3;2-5H,1H3,(H,8,9,10). The molecule has 0 saturated heterocycles. The fourth-order valence-electron chi connectivity index (χ4n) is 2.65.